The van der Waals surface area contributed by atoms with E-state index >= 15 is 0 Å². The van der Waals surface area contributed by atoms with E-state index in [1.807, 2.05) is 19.1 Å². The lowest BCUT2D eigenvalue weighted by Gasteiger charge is -2.01. The molecule has 0 fully saturated rings. The highest BCUT2D eigenvalue weighted by Crippen LogP contribution is 2.16. The molecule has 3 nitrogen and oxygen atoms in total. The van der Waals surface area contributed by atoms with Crippen molar-refractivity contribution >= 4 is 17.4 Å². The molecule has 0 spiro atoms. The Kier molecular flexibility index (Phi) is 2.55. The predicted octanol–water partition coefficient (Wildman–Crippen LogP) is 1.23. The number of halogens is 1. The number of hydrazone groups is 1. The van der Waals surface area contributed by atoms with Crippen LogP contribution in [-0.2, 0) is 0 Å². The maximum Gasteiger partial charge on any atom is 0.150 e. The molecule has 0 unspecified atom stereocenters. The maximum atomic E-state index is 5.86. The number of nitrogens with two attached hydrogens (primary N) is 2. The highest BCUT2D eigenvalue weighted by molar-refractivity contribution is 6.31. The fourth-order valence-electron chi connectivity index (χ4n) is 0.827. The minimum atomic E-state index is 0.289. The van der Waals surface area contributed by atoms with Gasteiger partial charge in [-0.1, -0.05) is 23.7 Å². The van der Waals surface area contributed by atoms with Gasteiger partial charge in [0.25, 0.3) is 0 Å². The number of aryl methyl sites for hydroxylation is 1. The van der Waals surface area contributed by atoms with E-state index < -0.39 is 0 Å². The average Bonchev–Trinajstić information content (AvgIpc) is 2.08. The zero-order valence-corrected chi connectivity index (χ0v) is 7.47. The van der Waals surface area contributed by atoms with Gasteiger partial charge in [0.2, 0.25) is 0 Å². The van der Waals surface area contributed by atoms with E-state index in [-0.39, 0.29) is 5.84 Å². The van der Waals surface area contributed by atoms with Crippen molar-refractivity contribution in [1.82, 2.24) is 0 Å². The maximum absolute atomic E-state index is 5.86. The standard InChI is InChI=1S/C8H10ClN3/c1-5-2-3-6(4-7(5)9)8(10)12-11/h2-4H,11H2,1H3,(H2,10,12). The summed E-state index contributed by atoms with van der Waals surface area (Å²) in [5.41, 5.74) is 7.23. The van der Waals surface area contributed by atoms with Crippen LogP contribution in [0.1, 0.15) is 11.1 Å². The van der Waals surface area contributed by atoms with Crippen molar-refractivity contribution < 1.29 is 0 Å². The van der Waals surface area contributed by atoms with Gasteiger partial charge in [0.1, 0.15) is 5.84 Å². The number of rotatable bonds is 1. The van der Waals surface area contributed by atoms with E-state index in [2.05, 4.69) is 5.10 Å². The van der Waals surface area contributed by atoms with Crippen LogP contribution in [0.5, 0.6) is 0 Å². The van der Waals surface area contributed by atoms with Gasteiger partial charge in [-0.3, -0.25) is 0 Å². The van der Waals surface area contributed by atoms with Gasteiger partial charge in [0.15, 0.2) is 0 Å². The molecule has 12 heavy (non-hydrogen) atoms. The summed E-state index contributed by atoms with van der Waals surface area (Å²) in [5, 5.41) is 4.03. The van der Waals surface area contributed by atoms with Crippen LogP contribution in [0, 0.1) is 6.92 Å². The second-order valence-corrected chi connectivity index (χ2v) is 2.89. The Morgan fingerprint density at radius 3 is 2.67 bits per heavy atom. The van der Waals surface area contributed by atoms with Crippen LogP contribution in [0.3, 0.4) is 0 Å². The van der Waals surface area contributed by atoms with Crippen molar-refractivity contribution in [3.63, 3.8) is 0 Å². The molecule has 0 saturated heterocycles. The van der Waals surface area contributed by atoms with E-state index in [1.54, 1.807) is 6.07 Å². The second-order valence-electron chi connectivity index (χ2n) is 2.48. The number of benzene rings is 1. The van der Waals surface area contributed by atoms with Crippen LogP contribution in [0.2, 0.25) is 5.02 Å². The van der Waals surface area contributed by atoms with Crippen molar-refractivity contribution in [2.24, 2.45) is 16.7 Å². The molecular weight excluding hydrogens is 174 g/mol. The predicted molar refractivity (Wildman–Crippen MR) is 51.1 cm³/mol. The van der Waals surface area contributed by atoms with Gasteiger partial charge >= 0.3 is 0 Å². The third-order valence-electron chi connectivity index (χ3n) is 1.61. The van der Waals surface area contributed by atoms with Crippen molar-refractivity contribution in [1.29, 1.82) is 0 Å². The third kappa shape index (κ3) is 1.68. The van der Waals surface area contributed by atoms with Crippen LogP contribution in [0.4, 0.5) is 0 Å². The summed E-state index contributed by atoms with van der Waals surface area (Å²) in [6, 6.07) is 5.44. The number of hydrogen-bond acceptors (Lipinski definition) is 2. The van der Waals surface area contributed by atoms with Crippen LogP contribution in [0.25, 0.3) is 0 Å². The summed E-state index contributed by atoms with van der Waals surface area (Å²) in [6.45, 7) is 1.92. The van der Waals surface area contributed by atoms with Crippen LogP contribution < -0.4 is 11.6 Å². The molecule has 1 aromatic rings. The molecule has 0 amide bonds. The molecule has 0 radical (unpaired) electrons. The van der Waals surface area contributed by atoms with E-state index in [0.717, 1.165) is 11.1 Å². The Bertz CT molecular complexity index is 320. The minimum absolute atomic E-state index is 0.289. The molecule has 0 atom stereocenters. The largest absolute Gasteiger partial charge is 0.382 e. The normalized spacial score (nSPS) is 11.7. The highest BCUT2D eigenvalue weighted by atomic mass is 35.5. The molecule has 0 aliphatic carbocycles. The van der Waals surface area contributed by atoms with Gasteiger partial charge in [-0.15, -0.1) is 0 Å². The summed E-state index contributed by atoms with van der Waals surface area (Å²) < 4.78 is 0. The smallest absolute Gasteiger partial charge is 0.150 e. The zero-order chi connectivity index (χ0) is 9.14. The second kappa shape index (κ2) is 3.45. The first-order valence-corrected chi connectivity index (χ1v) is 3.83. The lowest BCUT2D eigenvalue weighted by atomic mass is 10.1. The average molecular weight is 184 g/mol. The molecule has 0 aliphatic heterocycles. The minimum Gasteiger partial charge on any atom is -0.382 e. The first-order chi connectivity index (χ1) is 5.65. The molecule has 0 aromatic heterocycles. The Morgan fingerprint density at radius 1 is 1.50 bits per heavy atom. The fourth-order valence-corrected chi connectivity index (χ4v) is 1.01. The number of nitrogens with zero attached hydrogens (tertiary/aromatic N) is 1. The van der Waals surface area contributed by atoms with Crippen LogP contribution in [-0.4, -0.2) is 5.84 Å². The summed E-state index contributed by atoms with van der Waals surface area (Å²) in [7, 11) is 0. The molecule has 1 aromatic carbocycles. The lowest BCUT2D eigenvalue weighted by molar-refractivity contribution is 1.23. The SMILES string of the molecule is Cc1ccc(/C(N)=N/N)cc1Cl. The third-order valence-corrected chi connectivity index (χ3v) is 2.01. The van der Waals surface area contributed by atoms with Crippen LogP contribution >= 0.6 is 11.6 Å². The monoisotopic (exact) mass is 183 g/mol. The van der Waals surface area contributed by atoms with Crippen LogP contribution in [0.15, 0.2) is 23.3 Å². The van der Waals surface area contributed by atoms with Crippen molar-refractivity contribution in [3.05, 3.63) is 34.3 Å². The van der Waals surface area contributed by atoms with E-state index in [1.165, 1.54) is 0 Å². The van der Waals surface area contributed by atoms with Gasteiger partial charge < -0.3 is 11.6 Å². The number of hydrogen-bond donors (Lipinski definition) is 2. The first kappa shape index (κ1) is 8.87. The van der Waals surface area contributed by atoms with E-state index in [4.69, 9.17) is 23.2 Å². The molecule has 4 heteroatoms. The summed E-state index contributed by atoms with van der Waals surface area (Å²) >= 11 is 5.86. The summed E-state index contributed by atoms with van der Waals surface area (Å²) in [5.74, 6) is 5.30. The topological polar surface area (TPSA) is 64.4 Å². The molecule has 64 valence electrons. The van der Waals surface area contributed by atoms with Gasteiger partial charge in [-0.05, 0) is 18.6 Å². The van der Waals surface area contributed by atoms with Gasteiger partial charge in [0.05, 0.1) is 0 Å². The quantitative estimate of drug-likeness (QED) is 0.298. The zero-order valence-electron chi connectivity index (χ0n) is 6.71. The molecule has 0 bridgehead atoms. The summed E-state index contributed by atoms with van der Waals surface area (Å²) in [6.07, 6.45) is 0. The molecule has 0 saturated carbocycles. The van der Waals surface area contributed by atoms with Gasteiger partial charge in [0, 0.05) is 10.6 Å². The number of amidine groups is 1. The van der Waals surface area contributed by atoms with Gasteiger partial charge in [-0.2, -0.15) is 5.10 Å². The Morgan fingerprint density at radius 2 is 2.17 bits per heavy atom. The van der Waals surface area contributed by atoms with E-state index in [0.29, 0.717) is 5.02 Å². The lowest BCUT2D eigenvalue weighted by Crippen LogP contribution is -2.15. The Balaban J connectivity index is 3.13. The molecule has 4 N–H and O–H groups in total. The van der Waals surface area contributed by atoms with Crippen molar-refractivity contribution in [2.75, 3.05) is 0 Å². The summed E-state index contributed by atoms with van der Waals surface area (Å²) in [4.78, 5) is 0. The Labute approximate surface area is 76.0 Å². The Hall–Kier alpha value is -1.22. The van der Waals surface area contributed by atoms with Crippen molar-refractivity contribution in [3.8, 4) is 0 Å². The molecule has 0 heterocycles. The van der Waals surface area contributed by atoms with Crippen molar-refractivity contribution in [2.45, 2.75) is 6.92 Å². The first-order valence-electron chi connectivity index (χ1n) is 3.45. The molecular formula is C8H10ClN3. The molecule has 1 rings (SSSR count). The molecule has 0 aliphatic rings. The fraction of sp³-hybridized carbons (Fsp3) is 0.125. The van der Waals surface area contributed by atoms with Gasteiger partial charge in [-0.25, -0.2) is 0 Å². The highest BCUT2D eigenvalue weighted by Gasteiger charge is 2.00. The van der Waals surface area contributed by atoms with E-state index in [9.17, 15) is 0 Å².